The number of hydrogen-bond donors (Lipinski definition) is 0. The Morgan fingerprint density at radius 1 is 1.28 bits per heavy atom. The molecule has 0 N–H and O–H groups in total. The maximum Gasteiger partial charge on any atom is 0.122 e. The standard InChI is InChI=1S/C15H17BrO2/c1-3-14-12(8-9-18-14)13(16)10-11-6-4-5-7-15(11)17-2/h4-9,13H,3,10H2,1-2H3. The third-order valence-electron chi connectivity index (χ3n) is 3.03. The predicted molar refractivity (Wildman–Crippen MR) is 76.5 cm³/mol. The van der Waals surface area contributed by atoms with Crippen LogP contribution in [-0.2, 0) is 12.8 Å². The first kappa shape index (κ1) is 13.2. The van der Waals surface area contributed by atoms with Gasteiger partial charge in [0.2, 0.25) is 0 Å². The average Bonchev–Trinajstić information content (AvgIpc) is 2.87. The molecule has 0 aliphatic rings. The Bertz CT molecular complexity index is 505. The van der Waals surface area contributed by atoms with Gasteiger partial charge in [0.25, 0.3) is 0 Å². The van der Waals surface area contributed by atoms with E-state index in [-0.39, 0.29) is 4.83 Å². The molecule has 96 valence electrons. The molecule has 1 unspecified atom stereocenters. The van der Waals surface area contributed by atoms with Crippen LogP contribution in [0.15, 0.2) is 41.0 Å². The van der Waals surface area contributed by atoms with E-state index in [4.69, 9.17) is 9.15 Å². The van der Waals surface area contributed by atoms with Gasteiger partial charge in [0.15, 0.2) is 0 Å². The number of methoxy groups -OCH3 is 1. The van der Waals surface area contributed by atoms with E-state index >= 15 is 0 Å². The number of alkyl halides is 1. The number of para-hydroxylation sites is 1. The number of rotatable bonds is 5. The van der Waals surface area contributed by atoms with Gasteiger partial charge in [-0.25, -0.2) is 0 Å². The molecule has 1 heterocycles. The lowest BCUT2D eigenvalue weighted by Crippen LogP contribution is -1.99. The van der Waals surface area contributed by atoms with Gasteiger partial charge in [0.05, 0.1) is 13.4 Å². The second kappa shape index (κ2) is 6.10. The second-order valence-corrected chi connectivity index (χ2v) is 5.24. The van der Waals surface area contributed by atoms with Crippen LogP contribution >= 0.6 is 15.9 Å². The lowest BCUT2D eigenvalue weighted by Gasteiger charge is -2.12. The highest BCUT2D eigenvalue weighted by Crippen LogP contribution is 2.33. The molecule has 0 aliphatic heterocycles. The molecule has 0 fully saturated rings. The molecule has 18 heavy (non-hydrogen) atoms. The van der Waals surface area contributed by atoms with Crippen molar-refractivity contribution in [1.82, 2.24) is 0 Å². The summed E-state index contributed by atoms with van der Waals surface area (Å²) in [6.45, 7) is 2.10. The zero-order chi connectivity index (χ0) is 13.0. The maximum atomic E-state index is 5.47. The quantitative estimate of drug-likeness (QED) is 0.757. The number of halogens is 1. The molecule has 0 aliphatic carbocycles. The van der Waals surface area contributed by atoms with Crippen molar-refractivity contribution in [2.75, 3.05) is 7.11 Å². The van der Waals surface area contributed by atoms with Gasteiger partial charge in [-0.2, -0.15) is 0 Å². The molecule has 1 aromatic heterocycles. The zero-order valence-electron chi connectivity index (χ0n) is 10.7. The molecule has 0 saturated carbocycles. The summed E-state index contributed by atoms with van der Waals surface area (Å²) in [4.78, 5) is 0.252. The Morgan fingerprint density at radius 3 is 2.78 bits per heavy atom. The lowest BCUT2D eigenvalue weighted by atomic mass is 10.0. The summed E-state index contributed by atoms with van der Waals surface area (Å²) in [7, 11) is 1.71. The van der Waals surface area contributed by atoms with Gasteiger partial charge < -0.3 is 9.15 Å². The molecule has 0 bridgehead atoms. The smallest absolute Gasteiger partial charge is 0.122 e. The molecule has 0 spiro atoms. The van der Waals surface area contributed by atoms with Crippen LogP contribution in [0.3, 0.4) is 0 Å². The Labute approximate surface area is 116 Å². The minimum absolute atomic E-state index is 0.252. The van der Waals surface area contributed by atoms with Gasteiger partial charge in [-0.3, -0.25) is 0 Å². The Balaban J connectivity index is 2.18. The fourth-order valence-corrected chi connectivity index (χ4v) is 2.85. The van der Waals surface area contributed by atoms with E-state index in [0.29, 0.717) is 0 Å². The van der Waals surface area contributed by atoms with E-state index in [1.54, 1.807) is 13.4 Å². The normalized spacial score (nSPS) is 12.4. The van der Waals surface area contributed by atoms with Crippen LogP contribution in [0.4, 0.5) is 0 Å². The third-order valence-corrected chi connectivity index (χ3v) is 3.85. The van der Waals surface area contributed by atoms with E-state index in [0.717, 1.165) is 24.4 Å². The molecule has 0 amide bonds. The van der Waals surface area contributed by atoms with E-state index in [9.17, 15) is 0 Å². The van der Waals surface area contributed by atoms with Gasteiger partial charge in [-0.05, 0) is 24.1 Å². The topological polar surface area (TPSA) is 22.4 Å². The Kier molecular flexibility index (Phi) is 4.48. The Morgan fingerprint density at radius 2 is 2.06 bits per heavy atom. The van der Waals surface area contributed by atoms with E-state index < -0.39 is 0 Å². The summed E-state index contributed by atoms with van der Waals surface area (Å²) in [5.74, 6) is 1.98. The number of benzene rings is 1. The highest BCUT2D eigenvalue weighted by Gasteiger charge is 2.16. The van der Waals surface area contributed by atoms with Crippen molar-refractivity contribution >= 4 is 15.9 Å². The van der Waals surface area contributed by atoms with Gasteiger partial charge in [-0.15, -0.1) is 0 Å². The van der Waals surface area contributed by atoms with Gasteiger partial charge in [-0.1, -0.05) is 41.1 Å². The third kappa shape index (κ3) is 2.78. The van der Waals surface area contributed by atoms with Gasteiger partial charge in [0, 0.05) is 16.8 Å². The van der Waals surface area contributed by atoms with Crippen LogP contribution in [0.2, 0.25) is 0 Å². The first-order chi connectivity index (χ1) is 8.76. The number of ether oxygens (including phenoxy) is 1. The number of hydrogen-bond acceptors (Lipinski definition) is 2. The van der Waals surface area contributed by atoms with Crippen molar-refractivity contribution in [3.63, 3.8) is 0 Å². The van der Waals surface area contributed by atoms with Crippen LogP contribution in [0, 0.1) is 0 Å². The molecule has 0 saturated heterocycles. The first-order valence-corrected chi connectivity index (χ1v) is 7.00. The summed E-state index contributed by atoms with van der Waals surface area (Å²) in [5.41, 5.74) is 2.42. The SMILES string of the molecule is CCc1occc1C(Br)Cc1ccccc1OC. The molecule has 3 heteroatoms. The monoisotopic (exact) mass is 308 g/mol. The zero-order valence-corrected chi connectivity index (χ0v) is 12.2. The largest absolute Gasteiger partial charge is 0.496 e. The fraction of sp³-hybridized carbons (Fsp3) is 0.333. The van der Waals surface area contributed by atoms with Crippen molar-refractivity contribution in [3.05, 3.63) is 53.5 Å². The van der Waals surface area contributed by atoms with Crippen LogP contribution in [0.5, 0.6) is 5.75 Å². The van der Waals surface area contributed by atoms with Crippen LogP contribution < -0.4 is 4.74 Å². The molecular formula is C15H17BrO2. The number of aryl methyl sites for hydroxylation is 1. The molecule has 2 rings (SSSR count). The fourth-order valence-electron chi connectivity index (χ4n) is 2.09. The highest BCUT2D eigenvalue weighted by molar-refractivity contribution is 9.09. The van der Waals surface area contributed by atoms with E-state index in [2.05, 4.69) is 28.9 Å². The molecule has 2 aromatic rings. The van der Waals surface area contributed by atoms with Crippen molar-refractivity contribution in [1.29, 1.82) is 0 Å². The minimum atomic E-state index is 0.252. The maximum absolute atomic E-state index is 5.47. The van der Waals surface area contributed by atoms with Crippen molar-refractivity contribution < 1.29 is 9.15 Å². The summed E-state index contributed by atoms with van der Waals surface area (Å²) < 4.78 is 10.8. The van der Waals surface area contributed by atoms with Crippen molar-refractivity contribution in [2.45, 2.75) is 24.6 Å². The minimum Gasteiger partial charge on any atom is -0.496 e. The Hall–Kier alpha value is -1.22. The van der Waals surface area contributed by atoms with Gasteiger partial charge in [0.1, 0.15) is 11.5 Å². The molecule has 1 aromatic carbocycles. The summed E-state index contributed by atoms with van der Waals surface area (Å²) in [6.07, 6.45) is 3.55. The van der Waals surface area contributed by atoms with Crippen molar-refractivity contribution in [2.24, 2.45) is 0 Å². The molecule has 2 nitrogen and oxygen atoms in total. The predicted octanol–water partition coefficient (Wildman–Crippen LogP) is 4.53. The lowest BCUT2D eigenvalue weighted by molar-refractivity contribution is 0.409. The second-order valence-electron chi connectivity index (χ2n) is 4.14. The first-order valence-electron chi connectivity index (χ1n) is 6.08. The summed E-state index contributed by atoms with van der Waals surface area (Å²) in [5, 5.41) is 0. The summed E-state index contributed by atoms with van der Waals surface area (Å²) >= 11 is 3.74. The average molecular weight is 309 g/mol. The molecule has 1 atom stereocenters. The molecular weight excluding hydrogens is 292 g/mol. The van der Waals surface area contributed by atoms with E-state index in [1.807, 2.05) is 24.3 Å². The molecule has 0 radical (unpaired) electrons. The van der Waals surface area contributed by atoms with E-state index in [1.165, 1.54) is 11.1 Å². The highest BCUT2D eigenvalue weighted by atomic mass is 79.9. The summed E-state index contributed by atoms with van der Waals surface area (Å²) in [6, 6.07) is 10.1. The van der Waals surface area contributed by atoms with Crippen LogP contribution in [0.25, 0.3) is 0 Å². The van der Waals surface area contributed by atoms with Gasteiger partial charge >= 0.3 is 0 Å². The van der Waals surface area contributed by atoms with Crippen LogP contribution in [-0.4, -0.2) is 7.11 Å². The van der Waals surface area contributed by atoms with Crippen LogP contribution in [0.1, 0.15) is 28.6 Å². The number of furan rings is 1. The van der Waals surface area contributed by atoms with Crippen molar-refractivity contribution in [3.8, 4) is 5.75 Å².